The molecule has 1 aliphatic heterocycles. The number of anilines is 1. The zero-order valence-corrected chi connectivity index (χ0v) is 18.2. The van der Waals surface area contributed by atoms with Gasteiger partial charge in [-0.2, -0.15) is 0 Å². The van der Waals surface area contributed by atoms with Crippen molar-refractivity contribution < 1.29 is 4.39 Å². The highest BCUT2D eigenvalue weighted by Gasteiger charge is 2.14. The Hall–Kier alpha value is -3.00. The number of aromatic nitrogens is 1. The summed E-state index contributed by atoms with van der Waals surface area (Å²) in [5, 5.41) is 6.32. The highest BCUT2D eigenvalue weighted by atomic mass is 19.1. The fourth-order valence-corrected chi connectivity index (χ4v) is 2.63. The second-order valence-corrected chi connectivity index (χ2v) is 7.32. The van der Waals surface area contributed by atoms with E-state index >= 15 is 0 Å². The third kappa shape index (κ3) is 6.52. The maximum Gasteiger partial charge on any atom is 0.133 e. The van der Waals surface area contributed by atoms with Gasteiger partial charge in [-0.15, -0.1) is 0 Å². The Morgan fingerprint density at radius 3 is 2.67 bits per heavy atom. The van der Waals surface area contributed by atoms with Crippen LogP contribution in [-0.2, 0) is 0 Å². The molecular formula is C22H32FN7. The van der Waals surface area contributed by atoms with Crippen molar-refractivity contribution in [1.82, 2.24) is 10.3 Å². The molecule has 0 amide bonds. The SMILES string of the molecule is CC/C(C)=C(N)/C=C(\N=C(/C)CF)Nc1cc(C)c(/C(C=NC2CNC2)=C/N)cn1. The summed E-state index contributed by atoms with van der Waals surface area (Å²) in [7, 11) is 0. The van der Waals surface area contributed by atoms with Crippen LogP contribution in [0.4, 0.5) is 10.2 Å². The Morgan fingerprint density at radius 2 is 2.13 bits per heavy atom. The molecule has 7 nitrogen and oxygen atoms in total. The van der Waals surface area contributed by atoms with Gasteiger partial charge in [0.2, 0.25) is 0 Å². The molecule has 0 spiro atoms. The van der Waals surface area contributed by atoms with Gasteiger partial charge in [0.25, 0.3) is 0 Å². The van der Waals surface area contributed by atoms with Gasteiger partial charge < -0.3 is 22.1 Å². The maximum absolute atomic E-state index is 13.0. The van der Waals surface area contributed by atoms with Gasteiger partial charge in [-0.05, 0) is 38.8 Å². The lowest BCUT2D eigenvalue weighted by atomic mass is 10.0. The quantitative estimate of drug-likeness (QED) is 0.367. The summed E-state index contributed by atoms with van der Waals surface area (Å²) in [6.45, 7) is 8.71. The van der Waals surface area contributed by atoms with E-state index in [1.807, 2.05) is 26.8 Å². The van der Waals surface area contributed by atoms with Gasteiger partial charge in [-0.3, -0.25) is 4.99 Å². The number of halogens is 1. The van der Waals surface area contributed by atoms with Crippen molar-refractivity contribution in [3.05, 3.63) is 52.8 Å². The first-order chi connectivity index (χ1) is 14.4. The largest absolute Gasteiger partial charge is 0.404 e. The molecule has 162 valence electrons. The summed E-state index contributed by atoms with van der Waals surface area (Å²) in [5.74, 6) is 1.01. The first-order valence-corrected chi connectivity index (χ1v) is 10.0. The van der Waals surface area contributed by atoms with E-state index in [1.165, 1.54) is 6.20 Å². The summed E-state index contributed by atoms with van der Waals surface area (Å²) < 4.78 is 13.0. The van der Waals surface area contributed by atoms with Crippen molar-refractivity contribution in [2.75, 3.05) is 25.1 Å². The number of aryl methyl sites for hydroxylation is 1. The van der Waals surface area contributed by atoms with Crippen LogP contribution in [0.5, 0.6) is 0 Å². The molecule has 0 saturated carbocycles. The molecule has 0 aromatic carbocycles. The van der Waals surface area contributed by atoms with Crippen LogP contribution in [0.15, 0.2) is 51.6 Å². The zero-order chi connectivity index (χ0) is 22.1. The smallest absolute Gasteiger partial charge is 0.133 e. The first-order valence-electron chi connectivity index (χ1n) is 10.0. The van der Waals surface area contributed by atoms with E-state index in [4.69, 9.17) is 11.5 Å². The molecule has 0 unspecified atom stereocenters. The predicted octanol–water partition coefficient (Wildman–Crippen LogP) is 3.06. The van der Waals surface area contributed by atoms with E-state index in [1.54, 1.807) is 25.4 Å². The number of allylic oxidation sites excluding steroid dienone is 3. The molecule has 0 bridgehead atoms. The van der Waals surface area contributed by atoms with Crippen LogP contribution in [0.3, 0.4) is 0 Å². The average molecular weight is 414 g/mol. The fourth-order valence-electron chi connectivity index (χ4n) is 2.63. The Balaban J connectivity index is 2.28. The minimum absolute atomic E-state index is 0.295. The summed E-state index contributed by atoms with van der Waals surface area (Å²) in [4.78, 5) is 13.3. The number of nitrogens with two attached hydrogens (primary N) is 2. The molecule has 2 heterocycles. The van der Waals surface area contributed by atoms with Gasteiger partial charge >= 0.3 is 0 Å². The van der Waals surface area contributed by atoms with Crippen molar-refractivity contribution in [3.63, 3.8) is 0 Å². The van der Waals surface area contributed by atoms with Crippen molar-refractivity contribution >= 4 is 23.3 Å². The van der Waals surface area contributed by atoms with Gasteiger partial charge in [0, 0.05) is 60.3 Å². The van der Waals surface area contributed by atoms with Crippen molar-refractivity contribution in [3.8, 4) is 0 Å². The number of aliphatic imine (C=N–C) groups is 2. The summed E-state index contributed by atoms with van der Waals surface area (Å²) >= 11 is 0. The molecular weight excluding hydrogens is 381 g/mol. The van der Waals surface area contributed by atoms with Crippen molar-refractivity contribution in [2.45, 2.75) is 40.2 Å². The van der Waals surface area contributed by atoms with Crippen LogP contribution >= 0.6 is 0 Å². The molecule has 2 rings (SSSR count). The van der Waals surface area contributed by atoms with Crippen LogP contribution in [0.1, 0.15) is 38.3 Å². The molecule has 1 fully saturated rings. The van der Waals surface area contributed by atoms with Crippen molar-refractivity contribution in [2.24, 2.45) is 21.5 Å². The van der Waals surface area contributed by atoms with E-state index in [0.29, 0.717) is 29.1 Å². The van der Waals surface area contributed by atoms with Gasteiger partial charge in [0.15, 0.2) is 0 Å². The molecule has 0 aliphatic carbocycles. The fraction of sp³-hybridized carbons (Fsp3) is 0.409. The number of nitrogens with one attached hydrogen (secondary N) is 2. The summed E-state index contributed by atoms with van der Waals surface area (Å²) in [5.41, 5.74) is 16.6. The third-order valence-electron chi connectivity index (χ3n) is 4.86. The lowest BCUT2D eigenvalue weighted by Gasteiger charge is -2.22. The lowest BCUT2D eigenvalue weighted by Crippen LogP contribution is -2.45. The van der Waals surface area contributed by atoms with Crippen LogP contribution in [0.25, 0.3) is 5.57 Å². The lowest BCUT2D eigenvalue weighted by molar-refractivity contribution is 0.449. The van der Waals surface area contributed by atoms with Gasteiger partial charge in [0.1, 0.15) is 18.3 Å². The Bertz CT molecular complexity index is 893. The molecule has 8 heteroatoms. The van der Waals surface area contributed by atoms with E-state index in [2.05, 4.69) is 25.6 Å². The topological polar surface area (TPSA) is 114 Å². The average Bonchev–Trinajstić information content (AvgIpc) is 2.69. The maximum atomic E-state index is 13.0. The normalized spacial score (nSPS) is 17.2. The first kappa shape index (κ1) is 23.3. The monoisotopic (exact) mass is 413 g/mol. The molecule has 6 N–H and O–H groups in total. The molecule has 1 aromatic rings. The minimum Gasteiger partial charge on any atom is -0.404 e. The van der Waals surface area contributed by atoms with Crippen LogP contribution in [0, 0.1) is 6.92 Å². The number of hydrogen-bond acceptors (Lipinski definition) is 7. The van der Waals surface area contributed by atoms with E-state index in [0.717, 1.165) is 41.8 Å². The Morgan fingerprint density at radius 1 is 1.40 bits per heavy atom. The number of alkyl halides is 1. The van der Waals surface area contributed by atoms with Crippen molar-refractivity contribution in [1.29, 1.82) is 0 Å². The minimum atomic E-state index is -0.638. The molecule has 0 radical (unpaired) electrons. The highest BCUT2D eigenvalue weighted by molar-refractivity contribution is 6.10. The summed E-state index contributed by atoms with van der Waals surface area (Å²) in [6, 6.07) is 2.18. The van der Waals surface area contributed by atoms with Gasteiger partial charge in [-0.25, -0.2) is 14.4 Å². The summed E-state index contributed by atoms with van der Waals surface area (Å²) in [6.07, 6.45) is 7.59. The van der Waals surface area contributed by atoms with Crippen LogP contribution in [-0.4, -0.2) is 42.7 Å². The Kier molecular flexibility index (Phi) is 8.73. The second kappa shape index (κ2) is 11.3. The number of pyridine rings is 1. The molecule has 0 atom stereocenters. The number of rotatable bonds is 9. The van der Waals surface area contributed by atoms with E-state index in [-0.39, 0.29) is 0 Å². The standard InChI is InChI=1S/C22H32FN7/c1-5-14(2)20(25)7-22(29-16(4)8-23)30-21-6-15(3)19(13-28-21)17(9-24)10-27-18-11-26-12-18/h6-7,9-10,13,18,26H,5,8,11-12,24-25H2,1-4H3,(H,28,30)/b17-9+,20-14-,22-7+,27-10?,29-16+. The van der Waals surface area contributed by atoms with Gasteiger partial charge in [0.05, 0.1) is 6.04 Å². The van der Waals surface area contributed by atoms with Gasteiger partial charge in [-0.1, -0.05) is 12.5 Å². The zero-order valence-electron chi connectivity index (χ0n) is 18.2. The predicted molar refractivity (Wildman–Crippen MR) is 124 cm³/mol. The Labute approximate surface area is 178 Å². The molecule has 1 aliphatic rings. The third-order valence-corrected chi connectivity index (χ3v) is 4.86. The van der Waals surface area contributed by atoms with E-state index < -0.39 is 6.67 Å². The van der Waals surface area contributed by atoms with Crippen LogP contribution in [0.2, 0.25) is 0 Å². The van der Waals surface area contributed by atoms with Crippen LogP contribution < -0.4 is 22.1 Å². The highest BCUT2D eigenvalue weighted by Crippen LogP contribution is 2.20. The molecule has 1 aromatic heterocycles. The molecule has 30 heavy (non-hydrogen) atoms. The second-order valence-electron chi connectivity index (χ2n) is 7.32. The molecule has 1 saturated heterocycles. The van der Waals surface area contributed by atoms with E-state index in [9.17, 15) is 4.39 Å². The number of hydrogen-bond donors (Lipinski definition) is 4. The number of nitrogens with zero attached hydrogens (tertiary/aromatic N) is 3.